The van der Waals surface area contributed by atoms with Gasteiger partial charge in [-0.3, -0.25) is 9.89 Å². The van der Waals surface area contributed by atoms with Crippen LogP contribution in [0.3, 0.4) is 0 Å². The number of nitrogens with zero attached hydrogens (tertiary/aromatic N) is 2. The average Bonchev–Trinajstić information content (AvgIpc) is 3.33. The Hall–Kier alpha value is -0.820. The van der Waals surface area contributed by atoms with Gasteiger partial charge in [0.15, 0.2) is 5.96 Å². The quantitative estimate of drug-likeness (QED) is 0.376. The lowest BCUT2D eigenvalue weighted by atomic mass is 9.98. The Bertz CT molecular complexity index is 542. The maximum atomic E-state index is 4.42. The van der Waals surface area contributed by atoms with Crippen molar-refractivity contribution in [3.05, 3.63) is 35.9 Å². The summed E-state index contributed by atoms with van der Waals surface area (Å²) in [5, 5.41) is 7.13. The maximum absolute atomic E-state index is 4.42. The number of halogens is 1. The summed E-state index contributed by atoms with van der Waals surface area (Å²) in [5.74, 6) is 1.52. The van der Waals surface area contributed by atoms with Crippen molar-refractivity contribution in [1.29, 1.82) is 0 Å². The van der Waals surface area contributed by atoms with Crippen molar-refractivity contribution < 1.29 is 0 Å². The van der Waals surface area contributed by atoms with E-state index in [2.05, 4.69) is 57.8 Å². The first-order valence-corrected chi connectivity index (χ1v) is 10.0. The second kappa shape index (κ2) is 11.1. The highest BCUT2D eigenvalue weighted by molar-refractivity contribution is 14.0. The van der Waals surface area contributed by atoms with E-state index in [4.69, 9.17) is 0 Å². The van der Waals surface area contributed by atoms with Crippen molar-refractivity contribution in [3.8, 4) is 0 Å². The van der Waals surface area contributed by atoms with Crippen molar-refractivity contribution in [3.63, 3.8) is 0 Å². The summed E-state index contributed by atoms with van der Waals surface area (Å²) in [6.07, 6.45) is 7.99. The number of rotatable bonds is 6. The van der Waals surface area contributed by atoms with Gasteiger partial charge in [0.2, 0.25) is 0 Å². The number of aliphatic imine (C=N–C) groups is 1. The summed E-state index contributed by atoms with van der Waals surface area (Å²) in [6, 6.07) is 12.1. The zero-order chi connectivity index (χ0) is 17.5. The Morgan fingerprint density at radius 1 is 1.19 bits per heavy atom. The molecule has 0 bridgehead atoms. The normalized spacial score (nSPS) is 22.8. The van der Waals surface area contributed by atoms with E-state index >= 15 is 0 Å². The van der Waals surface area contributed by atoms with Crippen LogP contribution in [0.25, 0.3) is 0 Å². The van der Waals surface area contributed by atoms with Crippen molar-refractivity contribution in [2.75, 3.05) is 26.7 Å². The molecule has 3 rings (SSSR count). The van der Waals surface area contributed by atoms with Crippen LogP contribution < -0.4 is 10.6 Å². The maximum Gasteiger partial charge on any atom is 0.191 e. The lowest BCUT2D eigenvalue weighted by Crippen LogP contribution is -2.45. The molecule has 1 heterocycles. The topological polar surface area (TPSA) is 39.7 Å². The number of benzene rings is 1. The fraction of sp³-hybridized carbons (Fsp3) is 0.667. The van der Waals surface area contributed by atoms with E-state index in [1.54, 1.807) is 0 Å². The van der Waals surface area contributed by atoms with Gasteiger partial charge in [-0.1, -0.05) is 50.1 Å². The summed E-state index contributed by atoms with van der Waals surface area (Å²) in [5.41, 5.74) is 1.41. The fourth-order valence-electron chi connectivity index (χ4n) is 4.25. The van der Waals surface area contributed by atoms with Crippen molar-refractivity contribution >= 4 is 29.9 Å². The minimum Gasteiger partial charge on any atom is -0.356 e. The smallest absolute Gasteiger partial charge is 0.191 e. The van der Waals surface area contributed by atoms with E-state index in [0.717, 1.165) is 25.0 Å². The van der Waals surface area contributed by atoms with E-state index in [-0.39, 0.29) is 24.0 Å². The van der Waals surface area contributed by atoms with Crippen molar-refractivity contribution in [2.24, 2.45) is 4.99 Å². The lowest BCUT2D eigenvalue weighted by molar-refractivity contribution is 0.242. The first-order valence-electron chi connectivity index (χ1n) is 10.0. The molecule has 1 aromatic rings. The molecule has 1 aliphatic heterocycles. The molecule has 1 aromatic carbocycles. The van der Waals surface area contributed by atoms with Gasteiger partial charge in [0.1, 0.15) is 0 Å². The molecule has 2 unspecified atom stereocenters. The van der Waals surface area contributed by atoms with Crippen LogP contribution in [0, 0.1) is 0 Å². The molecule has 2 atom stereocenters. The third-order valence-electron chi connectivity index (χ3n) is 5.86. The summed E-state index contributed by atoms with van der Waals surface area (Å²) in [6.45, 7) is 5.66. The van der Waals surface area contributed by atoms with E-state index in [0.29, 0.717) is 12.0 Å². The standard InChI is InChI=1S/C21H34N4.HI/c1-17(18-8-4-3-5-9-18)12-14-23-21(22-2)24-19-13-15-25(16-19)20-10-6-7-11-20;/h3-5,8-9,17,19-20H,6-7,10-16H2,1-2H3,(H2,22,23,24);1H. The summed E-state index contributed by atoms with van der Waals surface area (Å²) < 4.78 is 0. The molecular formula is C21H35IN4. The van der Waals surface area contributed by atoms with Gasteiger partial charge in [-0.15, -0.1) is 24.0 Å². The van der Waals surface area contributed by atoms with Crippen LogP contribution in [0.4, 0.5) is 0 Å². The predicted molar refractivity (Wildman–Crippen MR) is 122 cm³/mol. The summed E-state index contributed by atoms with van der Waals surface area (Å²) in [7, 11) is 1.87. The van der Waals surface area contributed by atoms with Gasteiger partial charge >= 0.3 is 0 Å². The van der Waals surface area contributed by atoms with Crippen LogP contribution in [0.1, 0.15) is 56.9 Å². The Morgan fingerprint density at radius 2 is 1.92 bits per heavy atom. The van der Waals surface area contributed by atoms with Gasteiger partial charge in [0.05, 0.1) is 0 Å². The second-order valence-corrected chi connectivity index (χ2v) is 7.66. The zero-order valence-corrected chi connectivity index (χ0v) is 18.6. The zero-order valence-electron chi connectivity index (χ0n) is 16.3. The molecule has 0 aromatic heterocycles. The molecule has 2 N–H and O–H groups in total. The third kappa shape index (κ3) is 6.12. The fourth-order valence-corrected chi connectivity index (χ4v) is 4.25. The SMILES string of the molecule is CN=C(NCCC(C)c1ccccc1)NC1CCN(C2CCCC2)C1.I. The highest BCUT2D eigenvalue weighted by Crippen LogP contribution is 2.26. The van der Waals surface area contributed by atoms with Crippen LogP contribution in [0.15, 0.2) is 35.3 Å². The summed E-state index contributed by atoms with van der Waals surface area (Å²) >= 11 is 0. The second-order valence-electron chi connectivity index (χ2n) is 7.66. The minimum atomic E-state index is 0. The number of hydrogen-bond acceptors (Lipinski definition) is 2. The molecule has 0 radical (unpaired) electrons. The van der Waals surface area contributed by atoms with Gasteiger partial charge in [0, 0.05) is 38.8 Å². The molecule has 1 saturated heterocycles. The minimum absolute atomic E-state index is 0. The van der Waals surface area contributed by atoms with Crippen LogP contribution in [-0.2, 0) is 0 Å². The lowest BCUT2D eigenvalue weighted by Gasteiger charge is -2.24. The molecule has 1 saturated carbocycles. The molecule has 4 nitrogen and oxygen atoms in total. The molecule has 146 valence electrons. The monoisotopic (exact) mass is 470 g/mol. The van der Waals surface area contributed by atoms with Gasteiger partial charge < -0.3 is 10.6 Å². The molecule has 0 spiro atoms. The third-order valence-corrected chi connectivity index (χ3v) is 5.86. The highest BCUT2D eigenvalue weighted by atomic mass is 127. The van der Waals surface area contributed by atoms with E-state index in [1.165, 1.54) is 50.8 Å². The van der Waals surface area contributed by atoms with Crippen LogP contribution in [0.2, 0.25) is 0 Å². The number of hydrogen-bond donors (Lipinski definition) is 2. The molecule has 0 amide bonds. The Balaban J connectivity index is 0.00000243. The summed E-state index contributed by atoms with van der Waals surface area (Å²) in [4.78, 5) is 7.11. The predicted octanol–water partition coefficient (Wildman–Crippen LogP) is 3.98. The van der Waals surface area contributed by atoms with E-state index < -0.39 is 0 Å². The largest absolute Gasteiger partial charge is 0.356 e. The number of guanidine groups is 1. The molecule has 1 aliphatic carbocycles. The van der Waals surface area contributed by atoms with Crippen LogP contribution >= 0.6 is 24.0 Å². The first-order chi connectivity index (χ1) is 12.3. The number of nitrogens with one attached hydrogen (secondary N) is 2. The molecular weight excluding hydrogens is 435 g/mol. The number of likely N-dealkylation sites (tertiary alicyclic amines) is 1. The first kappa shape index (κ1) is 21.5. The Morgan fingerprint density at radius 3 is 2.62 bits per heavy atom. The molecule has 26 heavy (non-hydrogen) atoms. The average molecular weight is 470 g/mol. The Labute approximate surface area is 176 Å². The molecule has 2 fully saturated rings. The van der Waals surface area contributed by atoms with E-state index in [9.17, 15) is 0 Å². The van der Waals surface area contributed by atoms with E-state index in [1.807, 2.05) is 7.05 Å². The Kier molecular flexibility index (Phi) is 9.19. The van der Waals surface area contributed by atoms with Crippen LogP contribution in [0.5, 0.6) is 0 Å². The van der Waals surface area contributed by atoms with Crippen molar-refractivity contribution in [2.45, 2.75) is 63.5 Å². The van der Waals surface area contributed by atoms with Gasteiger partial charge in [0.25, 0.3) is 0 Å². The van der Waals surface area contributed by atoms with Gasteiger partial charge in [-0.2, -0.15) is 0 Å². The van der Waals surface area contributed by atoms with Crippen LogP contribution in [-0.4, -0.2) is 49.6 Å². The molecule has 2 aliphatic rings. The van der Waals surface area contributed by atoms with Gasteiger partial charge in [-0.25, -0.2) is 0 Å². The van der Waals surface area contributed by atoms with Gasteiger partial charge in [-0.05, 0) is 37.2 Å². The highest BCUT2D eigenvalue weighted by Gasteiger charge is 2.30. The van der Waals surface area contributed by atoms with Crippen molar-refractivity contribution in [1.82, 2.24) is 15.5 Å². The molecule has 5 heteroatoms.